The topological polar surface area (TPSA) is 66.3 Å². The van der Waals surface area contributed by atoms with Crippen LogP contribution in [-0.4, -0.2) is 27.7 Å². The standard InChI is InChI=1S/C25H22F2N6/c1-3-21-28-13-33(32-21)22-9-5-8-20(29-22)25-11-10-15(14(25)2)16-12-19(30-31-24(16)25)23-17(26)6-4-7-18(23)27/h3-9,12,14-15H,1,10-11,13H2,2H3,(H,28,32)/t14?,15-,25+/m1/s1. The van der Waals surface area contributed by atoms with E-state index in [4.69, 9.17) is 4.98 Å². The highest BCUT2D eigenvalue weighted by Gasteiger charge is 2.58. The van der Waals surface area contributed by atoms with E-state index >= 15 is 0 Å². The van der Waals surface area contributed by atoms with Crippen LogP contribution in [0.5, 0.6) is 0 Å². The molecule has 2 aromatic heterocycles. The first kappa shape index (κ1) is 20.0. The van der Waals surface area contributed by atoms with Gasteiger partial charge in [0, 0.05) is 0 Å². The van der Waals surface area contributed by atoms with Gasteiger partial charge >= 0.3 is 0 Å². The van der Waals surface area contributed by atoms with Crippen LogP contribution in [0.4, 0.5) is 14.6 Å². The number of pyridine rings is 1. The van der Waals surface area contributed by atoms with Gasteiger partial charge in [0.15, 0.2) is 0 Å². The second-order valence-electron chi connectivity index (χ2n) is 8.85. The van der Waals surface area contributed by atoms with Crippen LogP contribution in [-0.2, 0) is 5.41 Å². The fraction of sp³-hybridized carbons (Fsp3) is 0.280. The fourth-order valence-electron chi connectivity index (χ4n) is 5.76. The van der Waals surface area contributed by atoms with Gasteiger partial charge in [-0.2, -0.15) is 5.10 Å². The maximum absolute atomic E-state index is 14.4. The molecule has 1 unspecified atom stereocenters. The van der Waals surface area contributed by atoms with Gasteiger partial charge in [0.05, 0.1) is 28.1 Å². The number of nitrogens with one attached hydrogen (secondary N) is 1. The maximum Gasteiger partial charge on any atom is 0.149 e. The second-order valence-corrected chi connectivity index (χ2v) is 8.85. The number of anilines is 1. The Hall–Kier alpha value is -3.68. The molecular weight excluding hydrogens is 422 g/mol. The zero-order valence-electron chi connectivity index (χ0n) is 18.1. The molecule has 3 heterocycles. The zero-order valence-corrected chi connectivity index (χ0v) is 18.1. The van der Waals surface area contributed by atoms with E-state index < -0.39 is 11.6 Å². The summed E-state index contributed by atoms with van der Waals surface area (Å²) in [5.41, 5.74) is 5.73. The van der Waals surface area contributed by atoms with Crippen molar-refractivity contribution in [2.24, 2.45) is 10.9 Å². The average Bonchev–Trinajstić information content (AvgIpc) is 3.51. The highest BCUT2D eigenvalue weighted by Crippen LogP contribution is 2.62. The van der Waals surface area contributed by atoms with Crippen molar-refractivity contribution in [2.75, 3.05) is 11.7 Å². The predicted octanol–water partition coefficient (Wildman–Crippen LogP) is 4.50. The molecule has 1 aliphatic heterocycles. The quantitative estimate of drug-likeness (QED) is 0.642. The lowest BCUT2D eigenvalue weighted by molar-refractivity contribution is 0.398. The summed E-state index contributed by atoms with van der Waals surface area (Å²) >= 11 is 0. The monoisotopic (exact) mass is 444 g/mol. The smallest absolute Gasteiger partial charge is 0.149 e. The summed E-state index contributed by atoms with van der Waals surface area (Å²) in [4.78, 5) is 9.38. The van der Waals surface area contributed by atoms with Crippen LogP contribution in [0.15, 0.2) is 60.1 Å². The van der Waals surface area contributed by atoms with Gasteiger partial charge in [-0.05, 0) is 66.6 Å². The molecule has 8 heteroatoms. The van der Waals surface area contributed by atoms with Gasteiger partial charge in [-0.25, -0.2) is 23.8 Å². The second kappa shape index (κ2) is 7.16. The number of aliphatic imine (C=N–C) groups is 1. The number of halogens is 2. The Morgan fingerprint density at radius 1 is 1.15 bits per heavy atom. The summed E-state index contributed by atoms with van der Waals surface area (Å²) in [6.45, 7) is 6.42. The predicted molar refractivity (Wildman–Crippen MR) is 122 cm³/mol. The van der Waals surface area contributed by atoms with Gasteiger partial charge in [-0.3, -0.25) is 5.43 Å². The molecule has 6 nitrogen and oxygen atoms in total. The molecule has 3 atom stereocenters. The lowest BCUT2D eigenvalue weighted by Crippen LogP contribution is -2.37. The molecule has 0 radical (unpaired) electrons. The van der Waals surface area contributed by atoms with Crippen molar-refractivity contribution >= 4 is 11.7 Å². The minimum absolute atomic E-state index is 0.129. The van der Waals surface area contributed by atoms with Crippen LogP contribution in [0, 0.1) is 17.6 Å². The third-order valence-corrected chi connectivity index (χ3v) is 7.39. The van der Waals surface area contributed by atoms with Crippen molar-refractivity contribution in [3.05, 3.63) is 83.7 Å². The van der Waals surface area contributed by atoms with Crippen molar-refractivity contribution in [1.29, 1.82) is 0 Å². The lowest BCUT2D eigenvalue weighted by atomic mass is 9.75. The minimum Gasteiger partial charge on any atom is -0.279 e. The minimum atomic E-state index is -0.635. The van der Waals surface area contributed by atoms with E-state index in [1.165, 1.54) is 18.2 Å². The molecule has 2 aliphatic carbocycles. The molecule has 1 fully saturated rings. The molecule has 1 saturated carbocycles. The summed E-state index contributed by atoms with van der Waals surface area (Å²) in [5.74, 6) is 0.698. The number of amidine groups is 1. The van der Waals surface area contributed by atoms with E-state index in [1.807, 2.05) is 29.3 Å². The Balaban J connectivity index is 1.43. The third-order valence-electron chi connectivity index (χ3n) is 7.39. The summed E-state index contributed by atoms with van der Waals surface area (Å²) in [6, 6.07) is 11.6. The highest BCUT2D eigenvalue weighted by atomic mass is 19.1. The average molecular weight is 444 g/mol. The van der Waals surface area contributed by atoms with Crippen LogP contribution in [0.2, 0.25) is 0 Å². The Labute approximate surface area is 190 Å². The molecule has 3 aromatic rings. The number of hydrazine groups is 1. The Morgan fingerprint density at radius 2 is 1.94 bits per heavy atom. The first-order valence-electron chi connectivity index (χ1n) is 11.0. The summed E-state index contributed by atoms with van der Waals surface area (Å²) in [7, 11) is 0. The van der Waals surface area contributed by atoms with Crippen molar-refractivity contribution in [1.82, 2.24) is 20.6 Å². The largest absolute Gasteiger partial charge is 0.279 e. The molecule has 1 aromatic carbocycles. The summed E-state index contributed by atoms with van der Waals surface area (Å²) in [6.07, 6.45) is 3.55. The first-order valence-corrected chi connectivity index (χ1v) is 11.0. The number of rotatable bonds is 4. The number of nitrogens with zero attached hydrogens (tertiary/aromatic N) is 5. The molecule has 2 bridgehead atoms. The Bertz CT molecular complexity index is 1300. The van der Waals surface area contributed by atoms with Gasteiger partial charge < -0.3 is 0 Å². The number of hydrogen-bond acceptors (Lipinski definition) is 6. The number of aromatic nitrogens is 3. The van der Waals surface area contributed by atoms with Gasteiger partial charge in [-0.15, -0.1) is 5.10 Å². The van der Waals surface area contributed by atoms with Crippen LogP contribution in [0.25, 0.3) is 11.3 Å². The Kier molecular flexibility index (Phi) is 4.33. The number of fused-ring (bicyclic) bond motifs is 5. The molecule has 166 valence electrons. The molecule has 33 heavy (non-hydrogen) atoms. The SMILES string of the molecule is C=CC1=NCN(c2cccc([C@@]34CC[C@@H](c5cc(-c6c(F)cccc6F)nnc53)C4C)n2)N1. The van der Waals surface area contributed by atoms with Gasteiger partial charge in [0.25, 0.3) is 0 Å². The fourth-order valence-corrected chi connectivity index (χ4v) is 5.76. The molecule has 3 aliphatic rings. The van der Waals surface area contributed by atoms with Crippen LogP contribution >= 0.6 is 0 Å². The molecular formula is C25H22F2N6. The van der Waals surface area contributed by atoms with E-state index in [-0.39, 0.29) is 28.5 Å². The van der Waals surface area contributed by atoms with Crippen LogP contribution in [0.1, 0.15) is 42.6 Å². The molecule has 6 rings (SSSR count). The number of benzene rings is 1. The summed E-state index contributed by atoms with van der Waals surface area (Å²) < 4.78 is 28.8. The van der Waals surface area contributed by atoms with E-state index in [1.54, 1.807) is 6.08 Å². The molecule has 0 spiro atoms. The number of hydrogen-bond donors (Lipinski definition) is 1. The van der Waals surface area contributed by atoms with Crippen LogP contribution in [0.3, 0.4) is 0 Å². The van der Waals surface area contributed by atoms with Crippen molar-refractivity contribution in [3.63, 3.8) is 0 Å². The highest BCUT2D eigenvalue weighted by molar-refractivity contribution is 5.94. The zero-order chi connectivity index (χ0) is 22.7. The first-order chi connectivity index (χ1) is 16.0. The molecule has 0 saturated heterocycles. The van der Waals surface area contributed by atoms with Crippen LogP contribution < -0.4 is 10.4 Å². The van der Waals surface area contributed by atoms with E-state index in [0.717, 1.165) is 35.6 Å². The third kappa shape index (κ3) is 2.76. The van der Waals surface area contributed by atoms with Gasteiger partial charge in [-0.1, -0.05) is 25.6 Å². The van der Waals surface area contributed by atoms with E-state index in [0.29, 0.717) is 12.5 Å². The normalized spacial score (nSPS) is 25.1. The van der Waals surface area contributed by atoms with E-state index in [9.17, 15) is 8.78 Å². The Morgan fingerprint density at radius 3 is 2.70 bits per heavy atom. The van der Waals surface area contributed by atoms with Crippen molar-refractivity contribution < 1.29 is 8.78 Å². The molecule has 1 N–H and O–H groups in total. The lowest BCUT2D eigenvalue weighted by Gasteiger charge is -2.31. The van der Waals surface area contributed by atoms with E-state index in [2.05, 4.69) is 34.1 Å². The van der Waals surface area contributed by atoms with Gasteiger partial charge in [0.1, 0.15) is 30.0 Å². The molecule has 0 amide bonds. The van der Waals surface area contributed by atoms with Gasteiger partial charge in [0.2, 0.25) is 0 Å². The van der Waals surface area contributed by atoms with Crippen molar-refractivity contribution in [2.45, 2.75) is 31.1 Å². The summed E-state index contributed by atoms with van der Waals surface area (Å²) in [5, 5.41) is 10.7. The van der Waals surface area contributed by atoms with Crippen molar-refractivity contribution in [3.8, 4) is 11.3 Å². The maximum atomic E-state index is 14.4.